The highest BCUT2D eigenvalue weighted by molar-refractivity contribution is 5.98. The van der Waals surface area contributed by atoms with Gasteiger partial charge in [-0.3, -0.25) is 9.78 Å². The lowest BCUT2D eigenvalue weighted by atomic mass is 9.97. The highest BCUT2D eigenvalue weighted by atomic mass is 16.2. The first kappa shape index (κ1) is 13.3. The van der Waals surface area contributed by atoms with Crippen LogP contribution in [0.5, 0.6) is 0 Å². The predicted molar refractivity (Wildman–Crippen MR) is 71.2 cm³/mol. The first-order valence-electron chi connectivity index (χ1n) is 6.34. The average Bonchev–Trinajstić information content (AvgIpc) is 2.53. The third kappa shape index (κ3) is 2.52. The molecule has 3 amide bonds. The maximum absolute atomic E-state index is 12.3. The number of hydrogen-bond donors (Lipinski definition) is 2. The Morgan fingerprint density at radius 2 is 2.42 bits per heavy atom. The average molecular weight is 262 g/mol. The molecule has 2 rings (SSSR count). The van der Waals surface area contributed by atoms with Gasteiger partial charge in [0.2, 0.25) is 5.91 Å². The quantitative estimate of drug-likeness (QED) is 0.842. The molecule has 2 heterocycles. The number of amides is 3. The standard InChI is InChI=1S/C13H18N4O2/c1-3-8(2)11-12(18)16-10-6-15-5-4-9(10)7-17(11)13(14)19/h4-6,8,11H,3,7H2,1-2H3,(H2,14,19)(H,16,18)/t8?,11-/m0/s1. The lowest BCUT2D eigenvalue weighted by molar-refractivity contribution is -0.121. The molecule has 6 heteroatoms. The normalized spacial score (nSPS) is 20.2. The molecule has 3 N–H and O–H groups in total. The van der Waals surface area contributed by atoms with Crippen LogP contribution in [0.3, 0.4) is 0 Å². The third-order valence-corrected chi connectivity index (χ3v) is 3.58. The van der Waals surface area contributed by atoms with Crippen LogP contribution in [-0.4, -0.2) is 27.9 Å². The SMILES string of the molecule is CCC(C)[C@H]1C(=O)Nc2cnccc2CN1C(N)=O. The van der Waals surface area contributed by atoms with Crippen molar-refractivity contribution in [2.24, 2.45) is 11.7 Å². The molecular formula is C13H18N4O2. The van der Waals surface area contributed by atoms with Gasteiger partial charge in [0.15, 0.2) is 0 Å². The van der Waals surface area contributed by atoms with Crippen LogP contribution < -0.4 is 11.1 Å². The molecule has 0 bridgehead atoms. The predicted octanol–water partition coefficient (Wildman–Crippen LogP) is 1.33. The van der Waals surface area contributed by atoms with E-state index in [2.05, 4.69) is 10.3 Å². The van der Waals surface area contributed by atoms with E-state index in [4.69, 9.17) is 5.73 Å². The van der Waals surface area contributed by atoms with Gasteiger partial charge in [0.25, 0.3) is 0 Å². The first-order valence-corrected chi connectivity index (χ1v) is 6.34. The Labute approximate surface area is 112 Å². The van der Waals surface area contributed by atoms with Crippen molar-refractivity contribution >= 4 is 17.6 Å². The number of nitrogens with zero attached hydrogens (tertiary/aromatic N) is 2. The highest BCUT2D eigenvalue weighted by Gasteiger charge is 2.35. The second-order valence-electron chi connectivity index (χ2n) is 4.82. The van der Waals surface area contributed by atoms with E-state index in [0.29, 0.717) is 12.2 Å². The smallest absolute Gasteiger partial charge is 0.315 e. The van der Waals surface area contributed by atoms with Crippen LogP contribution in [0.4, 0.5) is 10.5 Å². The number of carbonyl (C=O) groups excluding carboxylic acids is 2. The monoisotopic (exact) mass is 262 g/mol. The topological polar surface area (TPSA) is 88.3 Å². The molecule has 19 heavy (non-hydrogen) atoms. The fourth-order valence-corrected chi connectivity index (χ4v) is 2.31. The van der Waals surface area contributed by atoms with Crippen molar-refractivity contribution in [3.63, 3.8) is 0 Å². The Hall–Kier alpha value is -2.11. The number of aromatic nitrogens is 1. The maximum atomic E-state index is 12.3. The molecule has 102 valence electrons. The van der Waals surface area contributed by atoms with Crippen LogP contribution in [0.1, 0.15) is 25.8 Å². The second-order valence-corrected chi connectivity index (χ2v) is 4.82. The molecule has 1 aliphatic rings. The number of primary amides is 1. The molecular weight excluding hydrogens is 244 g/mol. The molecule has 0 spiro atoms. The van der Waals surface area contributed by atoms with Gasteiger partial charge in [-0.15, -0.1) is 0 Å². The van der Waals surface area contributed by atoms with Crippen molar-refractivity contribution in [3.05, 3.63) is 24.0 Å². The summed E-state index contributed by atoms with van der Waals surface area (Å²) in [5.41, 5.74) is 6.91. The largest absolute Gasteiger partial charge is 0.351 e. The molecule has 1 aromatic rings. The number of urea groups is 1. The number of anilines is 1. The van der Waals surface area contributed by atoms with E-state index in [1.807, 2.05) is 13.8 Å². The van der Waals surface area contributed by atoms with Gasteiger partial charge in [-0.1, -0.05) is 20.3 Å². The molecule has 0 fully saturated rings. The Balaban J connectivity index is 2.42. The summed E-state index contributed by atoms with van der Waals surface area (Å²) >= 11 is 0. The van der Waals surface area contributed by atoms with Crippen molar-refractivity contribution in [2.75, 3.05) is 5.32 Å². The lowest BCUT2D eigenvalue weighted by Gasteiger charge is -2.30. The third-order valence-electron chi connectivity index (χ3n) is 3.58. The number of carbonyl (C=O) groups is 2. The zero-order chi connectivity index (χ0) is 14.0. The molecule has 6 nitrogen and oxygen atoms in total. The summed E-state index contributed by atoms with van der Waals surface area (Å²) in [6.45, 7) is 4.24. The van der Waals surface area contributed by atoms with Crippen LogP contribution in [0.15, 0.2) is 18.5 Å². The van der Waals surface area contributed by atoms with E-state index < -0.39 is 12.1 Å². The summed E-state index contributed by atoms with van der Waals surface area (Å²) in [4.78, 5) is 29.4. The van der Waals surface area contributed by atoms with Gasteiger partial charge >= 0.3 is 6.03 Å². The van der Waals surface area contributed by atoms with Crippen LogP contribution in [0.25, 0.3) is 0 Å². The minimum atomic E-state index is -0.579. The zero-order valence-electron chi connectivity index (χ0n) is 11.1. The number of fused-ring (bicyclic) bond motifs is 1. The van der Waals surface area contributed by atoms with Gasteiger partial charge < -0.3 is 16.0 Å². The summed E-state index contributed by atoms with van der Waals surface area (Å²) in [5.74, 6) is -0.172. The second kappa shape index (κ2) is 5.26. The Morgan fingerprint density at radius 1 is 1.68 bits per heavy atom. The van der Waals surface area contributed by atoms with Gasteiger partial charge in [-0.25, -0.2) is 4.79 Å². The summed E-state index contributed by atoms with van der Waals surface area (Å²) in [6.07, 6.45) is 4.01. The molecule has 1 aliphatic heterocycles. The maximum Gasteiger partial charge on any atom is 0.315 e. The Morgan fingerprint density at radius 3 is 3.05 bits per heavy atom. The summed E-state index contributed by atoms with van der Waals surface area (Å²) in [7, 11) is 0. The Kier molecular flexibility index (Phi) is 3.69. The van der Waals surface area contributed by atoms with Crippen molar-refractivity contribution < 1.29 is 9.59 Å². The van der Waals surface area contributed by atoms with Crippen LogP contribution in [0, 0.1) is 5.92 Å². The van der Waals surface area contributed by atoms with E-state index in [9.17, 15) is 9.59 Å². The van der Waals surface area contributed by atoms with E-state index in [1.165, 1.54) is 4.90 Å². The van der Waals surface area contributed by atoms with Crippen molar-refractivity contribution in [2.45, 2.75) is 32.9 Å². The van der Waals surface area contributed by atoms with E-state index in [-0.39, 0.29) is 11.8 Å². The molecule has 0 radical (unpaired) electrons. The van der Waals surface area contributed by atoms with E-state index in [0.717, 1.165) is 12.0 Å². The molecule has 0 saturated carbocycles. The molecule has 1 aromatic heterocycles. The molecule has 1 unspecified atom stereocenters. The molecule has 2 atom stereocenters. The van der Waals surface area contributed by atoms with Gasteiger partial charge in [0.05, 0.1) is 18.4 Å². The van der Waals surface area contributed by atoms with Crippen LogP contribution >= 0.6 is 0 Å². The fraction of sp³-hybridized carbons (Fsp3) is 0.462. The minimum Gasteiger partial charge on any atom is -0.351 e. The number of nitrogens with one attached hydrogen (secondary N) is 1. The van der Waals surface area contributed by atoms with Crippen molar-refractivity contribution in [3.8, 4) is 0 Å². The van der Waals surface area contributed by atoms with Crippen molar-refractivity contribution in [1.29, 1.82) is 0 Å². The van der Waals surface area contributed by atoms with E-state index in [1.54, 1.807) is 18.5 Å². The number of nitrogens with two attached hydrogens (primary N) is 1. The lowest BCUT2D eigenvalue weighted by Crippen LogP contribution is -2.50. The van der Waals surface area contributed by atoms with E-state index >= 15 is 0 Å². The summed E-state index contributed by atoms with van der Waals surface area (Å²) in [6, 6.07) is 0.657. The van der Waals surface area contributed by atoms with Crippen molar-refractivity contribution in [1.82, 2.24) is 9.88 Å². The first-order chi connectivity index (χ1) is 9.04. The van der Waals surface area contributed by atoms with Gasteiger partial charge in [0, 0.05) is 6.20 Å². The molecule has 0 saturated heterocycles. The van der Waals surface area contributed by atoms with Crippen LogP contribution in [0.2, 0.25) is 0 Å². The molecule has 0 aliphatic carbocycles. The summed E-state index contributed by atoms with van der Waals surface area (Å²) in [5, 5.41) is 2.82. The number of rotatable bonds is 2. The minimum absolute atomic E-state index is 0.0368. The van der Waals surface area contributed by atoms with Gasteiger partial charge in [-0.2, -0.15) is 0 Å². The molecule has 0 aromatic carbocycles. The summed E-state index contributed by atoms with van der Waals surface area (Å²) < 4.78 is 0. The number of pyridine rings is 1. The zero-order valence-corrected chi connectivity index (χ0v) is 11.1. The Bertz CT molecular complexity index is 503. The number of hydrogen-bond acceptors (Lipinski definition) is 3. The van der Waals surface area contributed by atoms with Gasteiger partial charge in [0.1, 0.15) is 6.04 Å². The van der Waals surface area contributed by atoms with Crippen LogP contribution in [-0.2, 0) is 11.3 Å². The fourth-order valence-electron chi connectivity index (χ4n) is 2.31. The van der Waals surface area contributed by atoms with Gasteiger partial charge in [-0.05, 0) is 17.5 Å². The highest BCUT2D eigenvalue weighted by Crippen LogP contribution is 2.26.